The van der Waals surface area contributed by atoms with Crippen LogP contribution in [0.25, 0.3) is 0 Å². The molecule has 0 saturated carbocycles. The minimum atomic E-state index is -3.50. The quantitative estimate of drug-likeness (QED) is 0.358. The number of halogens is 1. The Kier molecular flexibility index (Phi) is 11.2. The molecule has 40 heavy (non-hydrogen) atoms. The normalized spacial score (nSPS) is 19.0. The summed E-state index contributed by atoms with van der Waals surface area (Å²) in [6.07, 6.45) is 0.745. The highest BCUT2D eigenvalue weighted by atomic mass is 32.2. The molecule has 1 aliphatic heterocycles. The summed E-state index contributed by atoms with van der Waals surface area (Å²) in [7, 11) is -3.50. The highest BCUT2D eigenvalue weighted by molar-refractivity contribution is 7.89. The van der Waals surface area contributed by atoms with Crippen LogP contribution in [-0.4, -0.2) is 73.1 Å². The largest absolute Gasteiger partial charge is 0.350 e. The predicted octanol–water partition coefficient (Wildman–Crippen LogP) is 2.79. The van der Waals surface area contributed by atoms with Crippen molar-refractivity contribution in [3.8, 4) is 0 Å². The molecule has 1 aliphatic rings. The molecule has 0 aromatic heterocycles. The molecule has 1 fully saturated rings. The summed E-state index contributed by atoms with van der Waals surface area (Å²) in [4.78, 5) is 27.8. The van der Waals surface area contributed by atoms with E-state index in [4.69, 9.17) is 5.73 Å². The van der Waals surface area contributed by atoms with Crippen molar-refractivity contribution in [3.63, 3.8) is 0 Å². The van der Waals surface area contributed by atoms with Crippen LogP contribution in [0.3, 0.4) is 0 Å². The number of hydrogen-bond donors (Lipinski definition) is 3. The molecule has 1 heterocycles. The Balaban J connectivity index is 1.67. The van der Waals surface area contributed by atoms with E-state index in [9.17, 15) is 22.4 Å². The third kappa shape index (κ3) is 9.09. The number of carbonyl (C=O) groups is 2. The number of amides is 2. The zero-order valence-corrected chi connectivity index (χ0v) is 24.5. The van der Waals surface area contributed by atoms with E-state index in [0.717, 1.165) is 5.56 Å². The number of anilines is 1. The maximum atomic E-state index is 13.4. The number of carbonyl (C=O) groups excluding carboxylic acids is 2. The SMILES string of the molecule is CC(C)CN1CCN([C@@H](C)C(=O)N[C@@H](Cc2ccccc2)[C@@H](N)C[C@@H](C)C(=O)Nc2ccc(F)cc2)CS1(=O)=O. The number of nitrogens with two attached hydrogens (primary N) is 1. The third-order valence-electron chi connectivity index (χ3n) is 7.18. The molecule has 2 aromatic rings. The lowest BCUT2D eigenvalue weighted by Crippen LogP contribution is -2.59. The van der Waals surface area contributed by atoms with Crippen LogP contribution < -0.4 is 16.4 Å². The maximum Gasteiger partial charge on any atom is 0.237 e. The minimum absolute atomic E-state index is 0.211. The van der Waals surface area contributed by atoms with Gasteiger partial charge >= 0.3 is 0 Å². The van der Waals surface area contributed by atoms with Gasteiger partial charge in [0, 0.05) is 43.3 Å². The Labute approximate surface area is 237 Å². The summed E-state index contributed by atoms with van der Waals surface area (Å²) in [6, 6.07) is 13.4. The highest BCUT2D eigenvalue weighted by Crippen LogP contribution is 2.18. The van der Waals surface area contributed by atoms with E-state index < -0.39 is 39.9 Å². The summed E-state index contributed by atoms with van der Waals surface area (Å²) >= 11 is 0. The van der Waals surface area contributed by atoms with Crippen LogP contribution >= 0.6 is 0 Å². The number of rotatable bonds is 12. The molecule has 4 N–H and O–H groups in total. The van der Waals surface area contributed by atoms with Gasteiger partial charge in [0.25, 0.3) is 0 Å². The summed E-state index contributed by atoms with van der Waals surface area (Å²) in [5.41, 5.74) is 8.05. The molecule has 0 spiro atoms. The molecule has 0 aliphatic carbocycles. The van der Waals surface area contributed by atoms with Crippen LogP contribution in [0.1, 0.15) is 39.7 Å². The number of benzene rings is 2. The fraction of sp³-hybridized carbons (Fsp3) is 0.517. The fourth-order valence-corrected chi connectivity index (χ4v) is 6.60. The van der Waals surface area contributed by atoms with Crippen molar-refractivity contribution in [2.45, 2.75) is 58.7 Å². The number of nitrogens with zero attached hydrogens (tertiary/aromatic N) is 2. The average molecular weight is 576 g/mol. The van der Waals surface area contributed by atoms with Gasteiger partial charge in [0.15, 0.2) is 0 Å². The van der Waals surface area contributed by atoms with E-state index >= 15 is 0 Å². The topological polar surface area (TPSA) is 125 Å². The molecule has 11 heteroatoms. The van der Waals surface area contributed by atoms with Gasteiger partial charge in [-0.25, -0.2) is 12.8 Å². The van der Waals surface area contributed by atoms with Gasteiger partial charge in [0.05, 0.1) is 6.04 Å². The number of sulfonamides is 1. The van der Waals surface area contributed by atoms with Crippen LogP contribution in [0, 0.1) is 17.7 Å². The fourth-order valence-electron chi connectivity index (χ4n) is 4.78. The van der Waals surface area contributed by atoms with Gasteiger partial charge in [-0.3, -0.25) is 14.5 Å². The van der Waals surface area contributed by atoms with E-state index in [1.54, 1.807) is 18.7 Å². The van der Waals surface area contributed by atoms with Gasteiger partial charge in [-0.1, -0.05) is 51.1 Å². The van der Waals surface area contributed by atoms with Crippen molar-refractivity contribution in [2.75, 3.05) is 30.8 Å². The summed E-state index contributed by atoms with van der Waals surface area (Å²) < 4.78 is 40.4. The van der Waals surface area contributed by atoms with Gasteiger partial charge < -0.3 is 16.4 Å². The van der Waals surface area contributed by atoms with E-state index in [-0.39, 0.29) is 23.6 Å². The standard InChI is InChI=1S/C29H42FN5O4S/c1-20(2)18-35-15-14-34(19-40(35,38)39)22(4)29(37)33-27(17-23-8-6-5-7-9-23)26(31)16-21(3)28(36)32-25-12-10-24(30)11-13-25/h5-13,20-22,26-27H,14-19,31H2,1-4H3,(H,32,36)(H,33,37)/t21-,22+,26+,27+/m1/s1. The molecule has 2 aromatic carbocycles. The molecule has 0 radical (unpaired) electrons. The molecule has 220 valence electrons. The van der Waals surface area contributed by atoms with E-state index in [1.807, 2.05) is 44.2 Å². The Morgan fingerprint density at radius 1 is 0.975 bits per heavy atom. The minimum Gasteiger partial charge on any atom is -0.350 e. The van der Waals surface area contributed by atoms with Crippen LogP contribution in [0.5, 0.6) is 0 Å². The van der Waals surface area contributed by atoms with Crippen molar-refractivity contribution in [2.24, 2.45) is 17.6 Å². The Bertz CT molecular complexity index is 1230. The first-order valence-electron chi connectivity index (χ1n) is 13.7. The molecule has 4 atom stereocenters. The Morgan fingerprint density at radius 3 is 2.23 bits per heavy atom. The second-order valence-corrected chi connectivity index (χ2v) is 13.0. The maximum absolute atomic E-state index is 13.4. The second-order valence-electron chi connectivity index (χ2n) is 11.1. The summed E-state index contributed by atoms with van der Waals surface area (Å²) in [5, 5.41) is 5.82. The molecule has 0 unspecified atom stereocenters. The molecular weight excluding hydrogens is 533 g/mol. The van der Waals surface area contributed by atoms with Gasteiger partial charge in [0.1, 0.15) is 11.7 Å². The van der Waals surface area contributed by atoms with Crippen molar-refractivity contribution in [3.05, 3.63) is 66.0 Å². The van der Waals surface area contributed by atoms with Gasteiger partial charge in [0.2, 0.25) is 21.8 Å². The monoisotopic (exact) mass is 575 g/mol. The smallest absolute Gasteiger partial charge is 0.237 e. The lowest BCUT2D eigenvalue weighted by Gasteiger charge is -2.38. The Hall–Kier alpha value is -2.86. The van der Waals surface area contributed by atoms with Gasteiger partial charge in [-0.05, 0) is 55.5 Å². The molecule has 9 nitrogen and oxygen atoms in total. The van der Waals surface area contributed by atoms with Crippen molar-refractivity contribution < 1.29 is 22.4 Å². The van der Waals surface area contributed by atoms with Crippen molar-refractivity contribution in [1.82, 2.24) is 14.5 Å². The van der Waals surface area contributed by atoms with Gasteiger partial charge in [-0.2, -0.15) is 4.31 Å². The molecule has 3 rings (SSSR count). The zero-order chi connectivity index (χ0) is 29.4. The summed E-state index contributed by atoms with van der Waals surface area (Å²) in [6.45, 7) is 8.65. The third-order valence-corrected chi connectivity index (χ3v) is 8.96. The van der Waals surface area contributed by atoms with Crippen LogP contribution in [-0.2, 0) is 26.0 Å². The van der Waals surface area contributed by atoms with Crippen LogP contribution in [0.4, 0.5) is 10.1 Å². The Morgan fingerprint density at radius 2 is 1.62 bits per heavy atom. The van der Waals surface area contributed by atoms with E-state index in [2.05, 4.69) is 10.6 Å². The predicted molar refractivity (Wildman–Crippen MR) is 155 cm³/mol. The van der Waals surface area contributed by atoms with E-state index in [1.165, 1.54) is 28.6 Å². The molecule has 0 bridgehead atoms. The van der Waals surface area contributed by atoms with Crippen molar-refractivity contribution in [1.29, 1.82) is 0 Å². The number of nitrogens with one attached hydrogen (secondary N) is 2. The summed E-state index contributed by atoms with van der Waals surface area (Å²) in [5.74, 6) is -1.45. The van der Waals surface area contributed by atoms with Crippen LogP contribution in [0.2, 0.25) is 0 Å². The lowest BCUT2D eigenvalue weighted by molar-refractivity contribution is -0.126. The van der Waals surface area contributed by atoms with Crippen molar-refractivity contribution >= 4 is 27.5 Å². The molecular formula is C29H42FN5O4S. The first-order valence-corrected chi connectivity index (χ1v) is 15.3. The van der Waals surface area contributed by atoms with Gasteiger partial charge in [-0.15, -0.1) is 0 Å². The van der Waals surface area contributed by atoms with Crippen LogP contribution in [0.15, 0.2) is 54.6 Å². The first kappa shape index (κ1) is 31.7. The van der Waals surface area contributed by atoms with E-state index in [0.29, 0.717) is 38.2 Å². The second kappa shape index (κ2) is 14.2. The molecule has 1 saturated heterocycles. The first-order chi connectivity index (χ1) is 18.9. The average Bonchev–Trinajstić information content (AvgIpc) is 2.90. The zero-order valence-electron chi connectivity index (χ0n) is 23.7. The number of hydrogen-bond acceptors (Lipinski definition) is 6. The molecule has 2 amide bonds. The lowest BCUT2D eigenvalue weighted by atomic mass is 9.92. The highest BCUT2D eigenvalue weighted by Gasteiger charge is 2.36.